The second-order valence-electron chi connectivity index (χ2n) is 5.93. The Kier molecular flexibility index (Phi) is 4.33. The van der Waals surface area contributed by atoms with Crippen molar-refractivity contribution in [1.82, 2.24) is 9.88 Å². The number of nitrogens with zero attached hydrogens (tertiary/aromatic N) is 3. The molecule has 23 heavy (non-hydrogen) atoms. The molecule has 4 heteroatoms. The summed E-state index contributed by atoms with van der Waals surface area (Å²) in [6.45, 7) is 7.59. The quantitative estimate of drug-likeness (QED) is 0.865. The number of aromatic nitrogens is 1. The van der Waals surface area contributed by atoms with Crippen molar-refractivity contribution in [2.75, 3.05) is 18.0 Å². The first kappa shape index (κ1) is 15.5. The number of rotatable bonds is 4. The molecular weight excluding hydrogens is 286 g/mol. The molecule has 1 amide bonds. The van der Waals surface area contributed by atoms with Gasteiger partial charge in [-0.1, -0.05) is 18.2 Å². The van der Waals surface area contributed by atoms with Crippen molar-refractivity contribution >= 4 is 17.3 Å². The van der Waals surface area contributed by atoms with Crippen LogP contribution in [0.3, 0.4) is 0 Å². The maximum atomic E-state index is 12.4. The van der Waals surface area contributed by atoms with Gasteiger partial charge in [0.1, 0.15) is 5.69 Å². The highest BCUT2D eigenvalue weighted by Crippen LogP contribution is 2.37. The van der Waals surface area contributed by atoms with Gasteiger partial charge in [0.2, 0.25) is 0 Å². The third-order valence-corrected chi connectivity index (χ3v) is 4.50. The highest BCUT2D eigenvalue weighted by molar-refractivity contribution is 5.92. The van der Waals surface area contributed by atoms with E-state index in [0.29, 0.717) is 24.8 Å². The lowest BCUT2D eigenvalue weighted by Crippen LogP contribution is -2.31. The summed E-state index contributed by atoms with van der Waals surface area (Å²) in [6.07, 6.45) is 2.85. The lowest BCUT2D eigenvalue weighted by Gasteiger charge is -2.25. The van der Waals surface area contributed by atoms with Gasteiger partial charge in [-0.3, -0.25) is 4.79 Å². The second-order valence-corrected chi connectivity index (χ2v) is 5.93. The van der Waals surface area contributed by atoms with E-state index in [1.54, 1.807) is 4.90 Å². The Labute approximate surface area is 137 Å². The zero-order valence-electron chi connectivity index (χ0n) is 14.0. The fraction of sp³-hybridized carbons (Fsp3) is 0.368. The molecule has 1 unspecified atom stereocenters. The summed E-state index contributed by atoms with van der Waals surface area (Å²) < 4.78 is 0. The van der Waals surface area contributed by atoms with E-state index in [4.69, 9.17) is 0 Å². The molecular formula is C19H23N3O. The molecule has 1 aromatic carbocycles. The van der Waals surface area contributed by atoms with Crippen LogP contribution >= 0.6 is 0 Å². The number of hydrogen-bond acceptors (Lipinski definition) is 3. The van der Waals surface area contributed by atoms with E-state index in [0.717, 1.165) is 12.1 Å². The van der Waals surface area contributed by atoms with Gasteiger partial charge in [-0.2, -0.15) is 0 Å². The number of carbonyl (C=O) groups excluding carboxylic acids is 1. The predicted molar refractivity (Wildman–Crippen MR) is 93.2 cm³/mol. The van der Waals surface area contributed by atoms with Gasteiger partial charge < -0.3 is 9.80 Å². The number of para-hydroxylation sites is 1. The van der Waals surface area contributed by atoms with Gasteiger partial charge in [0, 0.05) is 24.8 Å². The van der Waals surface area contributed by atoms with Crippen molar-refractivity contribution in [2.24, 2.45) is 0 Å². The van der Waals surface area contributed by atoms with Crippen LogP contribution in [-0.2, 0) is 6.42 Å². The molecule has 0 saturated heterocycles. The molecule has 2 heterocycles. The number of fused-ring (bicyclic) bond motifs is 1. The zero-order chi connectivity index (χ0) is 16.4. The molecule has 2 aromatic rings. The van der Waals surface area contributed by atoms with Gasteiger partial charge in [0.25, 0.3) is 5.91 Å². The first-order valence-electron chi connectivity index (χ1n) is 8.28. The van der Waals surface area contributed by atoms with Crippen LogP contribution in [0.4, 0.5) is 11.4 Å². The van der Waals surface area contributed by atoms with E-state index in [9.17, 15) is 4.79 Å². The Bertz CT molecular complexity index is 692. The van der Waals surface area contributed by atoms with E-state index in [-0.39, 0.29) is 5.91 Å². The molecule has 1 aliphatic rings. The molecule has 0 aliphatic carbocycles. The molecule has 1 atom stereocenters. The summed E-state index contributed by atoms with van der Waals surface area (Å²) >= 11 is 0. The molecule has 0 bridgehead atoms. The Morgan fingerprint density at radius 3 is 2.61 bits per heavy atom. The zero-order valence-corrected chi connectivity index (χ0v) is 14.0. The lowest BCUT2D eigenvalue weighted by atomic mass is 10.1. The van der Waals surface area contributed by atoms with Crippen molar-refractivity contribution in [2.45, 2.75) is 33.2 Å². The van der Waals surface area contributed by atoms with Crippen molar-refractivity contribution in [1.29, 1.82) is 0 Å². The van der Waals surface area contributed by atoms with Crippen LogP contribution in [0.2, 0.25) is 0 Å². The minimum absolute atomic E-state index is 0.00331. The highest BCUT2D eigenvalue weighted by atomic mass is 16.2. The van der Waals surface area contributed by atoms with Crippen molar-refractivity contribution in [3.8, 4) is 0 Å². The average molecular weight is 309 g/mol. The standard InChI is InChI=1S/C19H23N3O/c1-4-21(5-2)19(23)17-11-10-16(13-20-17)22-14(3)12-15-8-6-7-9-18(15)22/h6-11,13-14H,4-5,12H2,1-3H3. The van der Waals surface area contributed by atoms with Crippen LogP contribution in [0.25, 0.3) is 0 Å². The Balaban J connectivity index is 1.87. The molecule has 120 valence electrons. The molecule has 0 N–H and O–H groups in total. The normalized spacial score (nSPS) is 16.3. The van der Waals surface area contributed by atoms with Crippen LogP contribution in [-0.4, -0.2) is 34.9 Å². The molecule has 0 spiro atoms. The van der Waals surface area contributed by atoms with E-state index < -0.39 is 0 Å². The smallest absolute Gasteiger partial charge is 0.272 e. The van der Waals surface area contributed by atoms with E-state index in [1.807, 2.05) is 32.2 Å². The highest BCUT2D eigenvalue weighted by Gasteiger charge is 2.27. The first-order valence-corrected chi connectivity index (χ1v) is 8.28. The van der Waals surface area contributed by atoms with Gasteiger partial charge in [0.15, 0.2) is 0 Å². The van der Waals surface area contributed by atoms with Gasteiger partial charge in [0.05, 0.1) is 11.9 Å². The predicted octanol–water partition coefficient (Wildman–Crippen LogP) is 3.65. The van der Waals surface area contributed by atoms with Crippen molar-refractivity contribution < 1.29 is 4.79 Å². The summed E-state index contributed by atoms with van der Waals surface area (Å²) in [6, 6.07) is 12.7. The Hall–Kier alpha value is -2.36. The molecule has 4 nitrogen and oxygen atoms in total. The van der Waals surface area contributed by atoms with Crippen LogP contribution in [0, 0.1) is 0 Å². The van der Waals surface area contributed by atoms with E-state index >= 15 is 0 Å². The van der Waals surface area contributed by atoms with Crippen LogP contribution in [0.5, 0.6) is 0 Å². The minimum Gasteiger partial charge on any atom is -0.338 e. The monoisotopic (exact) mass is 309 g/mol. The van der Waals surface area contributed by atoms with Crippen LogP contribution in [0.1, 0.15) is 36.8 Å². The fourth-order valence-corrected chi connectivity index (χ4v) is 3.29. The molecule has 0 fully saturated rings. The summed E-state index contributed by atoms with van der Waals surface area (Å²) in [4.78, 5) is 20.9. The Morgan fingerprint density at radius 2 is 1.96 bits per heavy atom. The number of benzene rings is 1. The van der Waals surface area contributed by atoms with Crippen molar-refractivity contribution in [3.05, 3.63) is 53.9 Å². The summed E-state index contributed by atoms with van der Waals surface area (Å²) in [5.74, 6) is -0.00331. The average Bonchev–Trinajstić information content (AvgIpc) is 2.91. The topological polar surface area (TPSA) is 36.4 Å². The largest absolute Gasteiger partial charge is 0.338 e. The second kappa shape index (κ2) is 6.41. The van der Waals surface area contributed by atoms with Gasteiger partial charge in [-0.15, -0.1) is 0 Å². The number of pyridine rings is 1. The number of hydrogen-bond donors (Lipinski definition) is 0. The molecule has 3 rings (SSSR count). The van der Waals surface area contributed by atoms with E-state index in [1.165, 1.54) is 11.3 Å². The summed E-state index contributed by atoms with van der Waals surface area (Å²) in [5.41, 5.74) is 4.16. The van der Waals surface area contributed by atoms with Gasteiger partial charge in [-0.25, -0.2) is 4.98 Å². The molecule has 1 aromatic heterocycles. The Morgan fingerprint density at radius 1 is 1.22 bits per heavy atom. The maximum Gasteiger partial charge on any atom is 0.272 e. The number of amides is 1. The fourth-order valence-electron chi connectivity index (χ4n) is 3.29. The van der Waals surface area contributed by atoms with Gasteiger partial charge >= 0.3 is 0 Å². The lowest BCUT2D eigenvalue weighted by molar-refractivity contribution is 0.0767. The summed E-state index contributed by atoms with van der Waals surface area (Å²) in [5, 5.41) is 0. The maximum absolute atomic E-state index is 12.4. The molecule has 0 radical (unpaired) electrons. The first-order chi connectivity index (χ1) is 11.2. The third-order valence-electron chi connectivity index (χ3n) is 4.50. The van der Waals surface area contributed by atoms with Crippen molar-refractivity contribution in [3.63, 3.8) is 0 Å². The van der Waals surface area contributed by atoms with E-state index in [2.05, 4.69) is 41.1 Å². The van der Waals surface area contributed by atoms with Gasteiger partial charge in [-0.05, 0) is 51.0 Å². The molecule has 0 saturated carbocycles. The van der Waals surface area contributed by atoms with Crippen LogP contribution in [0.15, 0.2) is 42.6 Å². The molecule has 1 aliphatic heterocycles. The minimum atomic E-state index is -0.00331. The number of anilines is 2. The SMILES string of the molecule is CCN(CC)C(=O)c1ccc(N2c3ccccc3CC2C)cn1. The number of carbonyl (C=O) groups is 1. The van der Waals surface area contributed by atoms with Crippen LogP contribution < -0.4 is 4.90 Å². The summed E-state index contributed by atoms with van der Waals surface area (Å²) in [7, 11) is 0. The third kappa shape index (κ3) is 2.81.